The lowest BCUT2D eigenvalue weighted by molar-refractivity contribution is 0.190. The molecule has 1 aromatic carbocycles. The standard InChI is InChI=1S/C14H23N3O2S/c1-10-9-12(7-8-17(10)3)16-13-5-4-6-14(11(13)2)20(15,18)19/h4-6,10,12,16H,7-9H2,1-3H3,(H2,15,18,19). The number of likely N-dealkylation sites (tertiary alicyclic amines) is 1. The molecule has 0 aliphatic carbocycles. The summed E-state index contributed by atoms with van der Waals surface area (Å²) in [4.78, 5) is 2.54. The van der Waals surface area contributed by atoms with Crippen LogP contribution in [0.1, 0.15) is 25.3 Å². The molecule has 112 valence electrons. The van der Waals surface area contributed by atoms with E-state index in [9.17, 15) is 8.42 Å². The zero-order valence-corrected chi connectivity index (χ0v) is 13.1. The predicted molar refractivity (Wildman–Crippen MR) is 81.3 cm³/mol. The third kappa shape index (κ3) is 3.31. The summed E-state index contributed by atoms with van der Waals surface area (Å²) < 4.78 is 23.1. The summed E-state index contributed by atoms with van der Waals surface area (Å²) in [6.07, 6.45) is 2.11. The lowest BCUT2D eigenvalue weighted by atomic mass is 9.98. The first-order chi connectivity index (χ1) is 9.29. The average Bonchev–Trinajstić information content (AvgIpc) is 2.35. The van der Waals surface area contributed by atoms with Crippen molar-refractivity contribution in [1.82, 2.24) is 4.90 Å². The molecule has 1 heterocycles. The van der Waals surface area contributed by atoms with Crippen LogP contribution in [0.2, 0.25) is 0 Å². The molecule has 1 aliphatic rings. The number of hydrogen-bond acceptors (Lipinski definition) is 4. The minimum Gasteiger partial charge on any atom is -0.382 e. The van der Waals surface area contributed by atoms with Gasteiger partial charge in [0, 0.05) is 24.3 Å². The van der Waals surface area contributed by atoms with Crippen molar-refractivity contribution in [2.45, 2.75) is 43.7 Å². The fraction of sp³-hybridized carbons (Fsp3) is 0.571. The Labute approximate surface area is 121 Å². The highest BCUT2D eigenvalue weighted by molar-refractivity contribution is 7.89. The molecular formula is C14H23N3O2S. The van der Waals surface area contributed by atoms with E-state index in [0.717, 1.165) is 25.1 Å². The van der Waals surface area contributed by atoms with Gasteiger partial charge in [-0.3, -0.25) is 0 Å². The van der Waals surface area contributed by atoms with Crippen LogP contribution < -0.4 is 10.5 Å². The van der Waals surface area contributed by atoms with Gasteiger partial charge in [0.1, 0.15) is 0 Å². The molecule has 1 aromatic rings. The SMILES string of the molecule is Cc1c(NC2CCN(C)C(C)C2)cccc1S(N)(=O)=O. The summed E-state index contributed by atoms with van der Waals surface area (Å²) in [6, 6.07) is 6.09. The summed E-state index contributed by atoms with van der Waals surface area (Å²) in [5.41, 5.74) is 1.56. The zero-order valence-electron chi connectivity index (χ0n) is 12.3. The summed E-state index contributed by atoms with van der Waals surface area (Å²) in [5, 5.41) is 8.70. The Morgan fingerprint density at radius 2 is 2.10 bits per heavy atom. The van der Waals surface area contributed by atoms with Gasteiger partial charge in [-0.2, -0.15) is 0 Å². The molecule has 5 nitrogen and oxygen atoms in total. The van der Waals surface area contributed by atoms with Gasteiger partial charge in [0.05, 0.1) is 4.90 Å². The van der Waals surface area contributed by atoms with Crippen LogP contribution in [0.3, 0.4) is 0 Å². The lowest BCUT2D eigenvalue weighted by Gasteiger charge is -2.36. The molecule has 3 N–H and O–H groups in total. The highest BCUT2D eigenvalue weighted by atomic mass is 32.2. The Hall–Kier alpha value is -1.11. The first kappa shape index (κ1) is 15.3. The van der Waals surface area contributed by atoms with E-state index >= 15 is 0 Å². The number of piperidine rings is 1. The highest BCUT2D eigenvalue weighted by Crippen LogP contribution is 2.25. The molecule has 0 radical (unpaired) electrons. The second-order valence-electron chi connectivity index (χ2n) is 5.67. The van der Waals surface area contributed by atoms with Crippen molar-refractivity contribution in [2.75, 3.05) is 18.9 Å². The van der Waals surface area contributed by atoms with E-state index in [4.69, 9.17) is 5.14 Å². The Kier molecular flexibility index (Phi) is 4.36. The van der Waals surface area contributed by atoms with Crippen LogP contribution in [0.4, 0.5) is 5.69 Å². The molecule has 1 aliphatic heterocycles. The molecule has 2 atom stereocenters. The van der Waals surface area contributed by atoms with Crippen LogP contribution >= 0.6 is 0 Å². The normalized spacial score (nSPS) is 24.6. The molecule has 0 saturated carbocycles. The Balaban J connectivity index is 2.19. The quantitative estimate of drug-likeness (QED) is 0.887. The molecule has 20 heavy (non-hydrogen) atoms. The van der Waals surface area contributed by atoms with Gasteiger partial charge >= 0.3 is 0 Å². The number of primary sulfonamides is 1. The third-order valence-electron chi connectivity index (χ3n) is 4.16. The van der Waals surface area contributed by atoms with Crippen LogP contribution in [0, 0.1) is 6.92 Å². The van der Waals surface area contributed by atoms with Crippen LogP contribution in [-0.2, 0) is 10.0 Å². The lowest BCUT2D eigenvalue weighted by Crippen LogP contribution is -2.42. The number of nitrogens with two attached hydrogens (primary N) is 1. The number of hydrogen-bond donors (Lipinski definition) is 2. The average molecular weight is 297 g/mol. The molecule has 0 amide bonds. The van der Waals surface area contributed by atoms with E-state index in [1.807, 2.05) is 6.07 Å². The van der Waals surface area contributed by atoms with Crippen LogP contribution in [0.25, 0.3) is 0 Å². The van der Waals surface area contributed by atoms with E-state index in [0.29, 0.717) is 17.6 Å². The highest BCUT2D eigenvalue weighted by Gasteiger charge is 2.23. The van der Waals surface area contributed by atoms with E-state index < -0.39 is 10.0 Å². The molecule has 0 spiro atoms. The summed E-state index contributed by atoms with van der Waals surface area (Å²) in [5.74, 6) is 0. The predicted octanol–water partition coefficient (Wildman–Crippen LogP) is 1.54. The van der Waals surface area contributed by atoms with E-state index in [2.05, 4.69) is 24.2 Å². The number of nitrogens with zero attached hydrogens (tertiary/aromatic N) is 1. The van der Waals surface area contributed by atoms with E-state index in [1.165, 1.54) is 0 Å². The number of anilines is 1. The van der Waals surface area contributed by atoms with Gasteiger partial charge in [-0.15, -0.1) is 0 Å². The maximum absolute atomic E-state index is 11.5. The van der Waals surface area contributed by atoms with Crippen LogP contribution in [-0.4, -0.2) is 39.0 Å². The molecule has 0 aromatic heterocycles. The van der Waals surface area contributed by atoms with Gasteiger partial charge in [0.15, 0.2) is 0 Å². The molecule has 2 rings (SSSR count). The van der Waals surface area contributed by atoms with Crippen molar-refractivity contribution in [2.24, 2.45) is 5.14 Å². The molecule has 1 saturated heterocycles. The second-order valence-corrected chi connectivity index (χ2v) is 7.20. The summed E-state index contributed by atoms with van der Waals surface area (Å²) >= 11 is 0. The fourth-order valence-electron chi connectivity index (χ4n) is 2.72. The monoisotopic (exact) mass is 297 g/mol. The third-order valence-corrected chi connectivity index (χ3v) is 5.21. The van der Waals surface area contributed by atoms with E-state index in [-0.39, 0.29) is 4.90 Å². The van der Waals surface area contributed by atoms with E-state index in [1.54, 1.807) is 19.1 Å². The zero-order chi connectivity index (χ0) is 14.9. The first-order valence-electron chi connectivity index (χ1n) is 6.88. The maximum Gasteiger partial charge on any atom is 0.238 e. The smallest absolute Gasteiger partial charge is 0.238 e. The van der Waals surface area contributed by atoms with Gasteiger partial charge < -0.3 is 10.2 Å². The van der Waals surface area contributed by atoms with Crippen LogP contribution in [0.15, 0.2) is 23.1 Å². The van der Waals surface area contributed by atoms with Gasteiger partial charge in [-0.25, -0.2) is 13.6 Å². The fourth-order valence-corrected chi connectivity index (χ4v) is 3.52. The van der Waals surface area contributed by atoms with Crippen LogP contribution in [0.5, 0.6) is 0 Å². The number of nitrogens with one attached hydrogen (secondary N) is 1. The van der Waals surface area contributed by atoms with Crippen molar-refractivity contribution in [3.05, 3.63) is 23.8 Å². The number of sulfonamides is 1. The number of rotatable bonds is 3. The molecule has 1 fully saturated rings. The Bertz CT molecular complexity index is 586. The Morgan fingerprint density at radius 3 is 2.70 bits per heavy atom. The molecule has 2 unspecified atom stereocenters. The minimum atomic E-state index is -3.66. The van der Waals surface area contributed by atoms with Gasteiger partial charge in [0.2, 0.25) is 10.0 Å². The Morgan fingerprint density at radius 1 is 1.40 bits per heavy atom. The summed E-state index contributed by atoms with van der Waals surface area (Å²) in [6.45, 7) is 5.05. The molecule has 6 heteroatoms. The first-order valence-corrected chi connectivity index (χ1v) is 8.43. The molecular weight excluding hydrogens is 274 g/mol. The van der Waals surface area contributed by atoms with Gasteiger partial charge in [-0.1, -0.05) is 6.07 Å². The van der Waals surface area contributed by atoms with Crippen molar-refractivity contribution in [3.63, 3.8) is 0 Å². The molecule has 0 bridgehead atoms. The topological polar surface area (TPSA) is 75.4 Å². The van der Waals surface area contributed by atoms with Crippen molar-refractivity contribution in [1.29, 1.82) is 0 Å². The second kappa shape index (κ2) is 5.71. The minimum absolute atomic E-state index is 0.198. The number of benzene rings is 1. The van der Waals surface area contributed by atoms with Gasteiger partial charge in [0.25, 0.3) is 0 Å². The summed E-state index contributed by atoms with van der Waals surface area (Å²) in [7, 11) is -1.53. The van der Waals surface area contributed by atoms with Crippen molar-refractivity contribution in [3.8, 4) is 0 Å². The van der Waals surface area contributed by atoms with Gasteiger partial charge in [-0.05, 0) is 51.4 Å². The largest absolute Gasteiger partial charge is 0.382 e. The van der Waals surface area contributed by atoms with Crippen molar-refractivity contribution >= 4 is 15.7 Å². The van der Waals surface area contributed by atoms with Crippen molar-refractivity contribution < 1.29 is 8.42 Å². The maximum atomic E-state index is 11.5.